The van der Waals surface area contributed by atoms with Crippen molar-refractivity contribution in [1.29, 1.82) is 0 Å². The fraction of sp³-hybridized carbons (Fsp3) is 0. The van der Waals surface area contributed by atoms with Crippen LogP contribution in [0.4, 0.5) is 0 Å². The van der Waals surface area contributed by atoms with Gasteiger partial charge in [-0.15, -0.1) is 0 Å². The Bertz CT molecular complexity index is 1090. The zero-order chi connectivity index (χ0) is 18.8. The van der Waals surface area contributed by atoms with Crippen LogP contribution >= 0.6 is 0 Å². The molecule has 0 fully saturated rings. The summed E-state index contributed by atoms with van der Waals surface area (Å²) >= 11 is 0. The molecule has 0 aliphatic rings. The van der Waals surface area contributed by atoms with E-state index in [2.05, 4.69) is 121 Å². The third-order valence-electron chi connectivity index (χ3n) is 5.23. The Hall–Kier alpha value is -3.06. The summed E-state index contributed by atoms with van der Waals surface area (Å²) in [5.41, 5.74) is 0. The second-order valence-electron chi connectivity index (χ2n) is 7.09. The first-order chi connectivity index (χ1) is 13.9. The Balaban J connectivity index is 0.000000137. The fourth-order valence-corrected chi connectivity index (χ4v) is 3.77. The Morgan fingerprint density at radius 1 is 0.241 bits per heavy atom. The molecule has 0 aliphatic heterocycles. The molecule has 137 valence electrons. The summed E-state index contributed by atoms with van der Waals surface area (Å²) in [4.78, 5) is 0. The molecule has 0 saturated carbocycles. The van der Waals surface area contributed by atoms with E-state index in [0.717, 1.165) is 0 Å². The molecule has 0 amide bonds. The van der Waals surface area contributed by atoms with E-state index in [-0.39, 0.29) is 18.6 Å². The number of fused-ring (bicyclic) bond motifs is 4. The van der Waals surface area contributed by atoms with Crippen LogP contribution in [0, 0.1) is 0 Å². The van der Waals surface area contributed by atoms with Crippen LogP contribution in [-0.4, -0.2) is 0 Å². The van der Waals surface area contributed by atoms with Gasteiger partial charge in [-0.1, -0.05) is 97.1 Å². The predicted octanol–water partition coefficient (Wildman–Crippen LogP) is 7.98. The van der Waals surface area contributed by atoms with Gasteiger partial charge >= 0.3 is 0 Å². The maximum absolute atomic E-state index is 2.24. The molecule has 0 N–H and O–H groups in total. The number of benzene rings is 6. The Morgan fingerprint density at radius 3 is 0.517 bits per heavy atom. The van der Waals surface area contributed by atoms with Crippen LogP contribution in [-0.2, 0) is 18.6 Å². The molecule has 0 spiro atoms. The minimum atomic E-state index is 0. The van der Waals surface area contributed by atoms with Crippen LogP contribution < -0.4 is 0 Å². The van der Waals surface area contributed by atoms with E-state index in [9.17, 15) is 0 Å². The molecular weight excluding hydrogens is 387 g/mol. The van der Waals surface area contributed by atoms with Gasteiger partial charge < -0.3 is 0 Å². The maximum atomic E-state index is 2.24. The third-order valence-corrected chi connectivity index (χ3v) is 5.23. The Kier molecular flexibility index (Phi) is 5.67. The summed E-state index contributed by atoms with van der Waals surface area (Å²) in [5, 5.41) is 10.5. The van der Waals surface area contributed by atoms with Gasteiger partial charge in [-0.3, -0.25) is 0 Å². The molecule has 0 nitrogen and oxygen atoms in total. The molecular formula is C28H20V. The molecule has 0 atom stereocenters. The summed E-state index contributed by atoms with van der Waals surface area (Å²) in [6, 6.07) is 42.8. The Labute approximate surface area is 182 Å². The SMILES string of the molecule is [V].c1ccc2cc3ccccc3cc2c1.c1ccc2cc3ccccc3cc2c1. The summed E-state index contributed by atoms with van der Waals surface area (Å²) in [6.45, 7) is 0. The average molecular weight is 407 g/mol. The van der Waals surface area contributed by atoms with Gasteiger partial charge in [-0.25, -0.2) is 0 Å². The Morgan fingerprint density at radius 2 is 0.379 bits per heavy atom. The van der Waals surface area contributed by atoms with Gasteiger partial charge in [0.1, 0.15) is 0 Å². The second kappa shape index (κ2) is 8.53. The van der Waals surface area contributed by atoms with E-state index in [0.29, 0.717) is 0 Å². The molecule has 0 bridgehead atoms. The van der Waals surface area contributed by atoms with Gasteiger partial charge in [0.05, 0.1) is 0 Å². The van der Waals surface area contributed by atoms with Crippen molar-refractivity contribution in [3.63, 3.8) is 0 Å². The van der Waals surface area contributed by atoms with Gasteiger partial charge in [0.2, 0.25) is 0 Å². The van der Waals surface area contributed by atoms with Crippen molar-refractivity contribution >= 4 is 43.1 Å². The molecule has 0 aliphatic carbocycles. The van der Waals surface area contributed by atoms with Crippen molar-refractivity contribution in [3.8, 4) is 0 Å². The first kappa shape index (κ1) is 19.3. The quantitative estimate of drug-likeness (QED) is 0.224. The fourth-order valence-electron chi connectivity index (χ4n) is 3.77. The summed E-state index contributed by atoms with van der Waals surface area (Å²) in [5.74, 6) is 0. The molecule has 0 aromatic heterocycles. The van der Waals surface area contributed by atoms with E-state index in [1.165, 1.54) is 43.1 Å². The molecule has 29 heavy (non-hydrogen) atoms. The van der Waals surface area contributed by atoms with Crippen molar-refractivity contribution in [1.82, 2.24) is 0 Å². The van der Waals surface area contributed by atoms with Crippen molar-refractivity contribution in [2.45, 2.75) is 0 Å². The van der Waals surface area contributed by atoms with E-state index < -0.39 is 0 Å². The van der Waals surface area contributed by atoms with Crippen LogP contribution in [0.1, 0.15) is 0 Å². The minimum absolute atomic E-state index is 0. The monoisotopic (exact) mass is 407 g/mol. The van der Waals surface area contributed by atoms with E-state index in [1.54, 1.807) is 0 Å². The average Bonchev–Trinajstić information content (AvgIpc) is 2.76. The maximum Gasteiger partial charge on any atom is 0 e. The topological polar surface area (TPSA) is 0 Å². The van der Waals surface area contributed by atoms with Gasteiger partial charge in [-0.2, -0.15) is 0 Å². The predicted molar refractivity (Wildman–Crippen MR) is 123 cm³/mol. The molecule has 0 unspecified atom stereocenters. The van der Waals surface area contributed by atoms with Crippen molar-refractivity contribution in [2.24, 2.45) is 0 Å². The molecule has 1 radical (unpaired) electrons. The molecule has 1 heteroatoms. The van der Waals surface area contributed by atoms with E-state index in [4.69, 9.17) is 0 Å². The number of rotatable bonds is 0. The van der Waals surface area contributed by atoms with Gasteiger partial charge in [0, 0.05) is 18.6 Å². The standard InChI is InChI=1S/2C14H10.V/c2*1-2-6-12-10-14-8-4-3-7-13(14)9-11(12)5-1;/h2*1-10H;. The molecule has 6 aromatic rings. The molecule has 6 aromatic carbocycles. The zero-order valence-corrected chi connectivity index (χ0v) is 17.4. The minimum Gasteiger partial charge on any atom is -0.0616 e. The van der Waals surface area contributed by atoms with Gasteiger partial charge in [-0.05, 0) is 67.4 Å². The molecule has 0 heterocycles. The van der Waals surface area contributed by atoms with Crippen LogP contribution in [0.25, 0.3) is 43.1 Å². The van der Waals surface area contributed by atoms with Crippen LogP contribution in [0.3, 0.4) is 0 Å². The van der Waals surface area contributed by atoms with Crippen molar-refractivity contribution in [3.05, 3.63) is 121 Å². The number of hydrogen-bond acceptors (Lipinski definition) is 0. The summed E-state index contributed by atoms with van der Waals surface area (Å²) in [6.07, 6.45) is 0. The first-order valence-electron chi connectivity index (χ1n) is 9.62. The third kappa shape index (κ3) is 4.05. The zero-order valence-electron chi connectivity index (χ0n) is 16.0. The first-order valence-corrected chi connectivity index (χ1v) is 9.62. The van der Waals surface area contributed by atoms with Crippen LogP contribution in [0.5, 0.6) is 0 Å². The van der Waals surface area contributed by atoms with Crippen LogP contribution in [0.2, 0.25) is 0 Å². The smallest absolute Gasteiger partial charge is 0 e. The number of hydrogen-bond donors (Lipinski definition) is 0. The van der Waals surface area contributed by atoms with E-state index >= 15 is 0 Å². The summed E-state index contributed by atoms with van der Waals surface area (Å²) < 4.78 is 0. The molecule has 0 saturated heterocycles. The summed E-state index contributed by atoms with van der Waals surface area (Å²) in [7, 11) is 0. The van der Waals surface area contributed by atoms with Crippen molar-refractivity contribution < 1.29 is 18.6 Å². The van der Waals surface area contributed by atoms with Gasteiger partial charge in [0.15, 0.2) is 0 Å². The second-order valence-corrected chi connectivity index (χ2v) is 7.09. The van der Waals surface area contributed by atoms with Crippen molar-refractivity contribution in [2.75, 3.05) is 0 Å². The van der Waals surface area contributed by atoms with Crippen LogP contribution in [0.15, 0.2) is 121 Å². The molecule has 6 rings (SSSR count). The van der Waals surface area contributed by atoms with Gasteiger partial charge in [0.25, 0.3) is 0 Å². The van der Waals surface area contributed by atoms with E-state index in [1.807, 2.05) is 0 Å². The normalized spacial score (nSPS) is 10.5. The largest absolute Gasteiger partial charge is 0.0616 e.